The van der Waals surface area contributed by atoms with Gasteiger partial charge in [0.1, 0.15) is 0 Å². The molecule has 2 aromatic rings. The van der Waals surface area contributed by atoms with Gasteiger partial charge in [0, 0.05) is 10.6 Å². The number of nitrogens with one attached hydrogen (secondary N) is 1. The Morgan fingerprint density at radius 3 is 2.43 bits per heavy atom. The van der Waals surface area contributed by atoms with Crippen molar-refractivity contribution in [3.05, 3.63) is 64.4 Å². The Labute approximate surface area is 165 Å². The number of hydrogen-bond acceptors (Lipinski definition) is 5. The summed E-state index contributed by atoms with van der Waals surface area (Å²) < 4.78 is 23.4. The number of nitrogens with two attached hydrogens (primary N) is 1. The fourth-order valence-electron chi connectivity index (χ4n) is 2.41. The van der Waals surface area contributed by atoms with Gasteiger partial charge in [-0.05, 0) is 35.9 Å². The Bertz CT molecular complexity index is 873. The van der Waals surface area contributed by atoms with Crippen LogP contribution in [-0.2, 0) is 9.53 Å². The lowest BCUT2D eigenvalue weighted by molar-refractivity contribution is -0.143. The number of carbonyl (C=O) groups is 3. The molecule has 2 rings (SSSR count). The lowest BCUT2D eigenvalue weighted by atomic mass is 10.0. The largest absolute Gasteiger partial charge is 0.494 e. The summed E-state index contributed by atoms with van der Waals surface area (Å²) in [6, 6.07) is 8.54. The number of benzene rings is 2. The van der Waals surface area contributed by atoms with Crippen LogP contribution < -0.4 is 15.8 Å². The van der Waals surface area contributed by atoms with Gasteiger partial charge in [0.25, 0.3) is 0 Å². The molecular weight excluding hydrogens is 391 g/mol. The highest BCUT2D eigenvalue weighted by molar-refractivity contribution is 6.30. The van der Waals surface area contributed by atoms with Gasteiger partial charge in [-0.3, -0.25) is 9.59 Å². The fraction of sp³-hybridized carbons (Fsp3) is 0.211. The summed E-state index contributed by atoms with van der Waals surface area (Å²) in [5.74, 6) is -2.03. The van der Waals surface area contributed by atoms with E-state index in [1.807, 2.05) is 0 Å². The lowest BCUT2D eigenvalue weighted by Crippen LogP contribution is -2.34. The summed E-state index contributed by atoms with van der Waals surface area (Å²) in [4.78, 5) is 35.4. The van der Waals surface area contributed by atoms with Crippen molar-refractivity contribution in [1.82, 2.24) is 5.32 Å². The number of urea groups is 1. The molecule has 2 aromatic carbocycles. The van der Waals surface area contributed by atoms with Crippen LogP contribution >= 0.6 is 11.6 Å². The van der Waals surface area contributed by atoms with E-state index >= 15 is 0 Å². The molecule has 28 heavy (non-hydrogen) atoms. The molecule has 7 nitrogen and oxygen atoms in total. The summed E-state index contributed by atoms with van der Waals surface area (Å²) in [5, 5.41) is 2.92. The average molecular weight is 409 g/mol. The van der Waals surface area contributed by atoms with Crippen LogP contribution in [0.1, 0.15) is 28.4 Å². The van der Waals surface area contributed by atoms with Crippen molar-refractivity contribution < 1.29 is 28.2 Å². The van der Waals surface area contributed by atoms with E-state index in [1.54, 1.807) is 24.3 Å². The van der Waals surface area contributed by atoms with Crippen molar-refractivity contribution >= 4 is 29.4 Å². The van der Waals surface area contributed by atoms with Gasteiger partial charge in [-0.15, -0.1) is 0 Å². The van der Waals surface area contributed by atoms with Crippen molar-refractivity contribution in [1.29, 1.82) is 0 Å². The maximum absolute atomic E-state index is 13.7. The van der Waals surface area contributed by atoms with E-state index in [0.29, 0.717) is 10.6 Å². The number of Topliss-reactive ketones (excluding diaryl/α,β-unsaturated/α-hetero) is 1. The third kappa shape index (κ3) is 5.95. The number of amides is 2. The van der Waals surface area contributed by atoms with E-state index in [1.165, 1.54) is 19.2 Å². The molecule has 0 bridgehead atoms. The molecule has 2 amide bonds. The normalized spacial score (nSPS) is 11.4. The second-order valence-corrected chi connectivity index (χ2v) is 6.19. The minimum absolute atomic E-state index is 0.00289. The number of hydrogen-bond donors (Lipinski definition) is 2. The fourth-order valence-corrected chi connectivity index (χ4v) is 2.54. The lowest BCUT2D eigenvalue weighted by Gasteiger charge is -2.17. The minimum Gasteiger partial charge on any atom is -0.494 e. The number of rotatable bonds is 8. The Morgan fingerprint density at radius 2 is 1.86 bits per heavy atom. The summed E-state index contributed by atoms with van der Waals surface area (Å²) in [6.07, 6.45) is -0.255. The monoisotopic (exact) mass is 408 g/mol. The number of ether oxygens (including phenoxy) is 2. The third-order valence-electron chi connectivity index (χ3n) is 3.80. The predicted molar refractivity (Wildman–Crippen MR) is 99.8 cm³/mol. The van der Waals surface area contributed by atoms with Crippen LogP contribution in [-0.4, -0.2) is 31.5 Å². The molecule has 0 aliphatic heterocycles. The molecule has 0 saturated heterocycles. The number of esters is 1. The third-order valence-corrected chi connectivity index (χ3v) is 4.05. The first-order chi connectivity index (χ1) is 13.3. The average Bonchev–Trinajstić information content (AvgIpc) is 2.65. The Hall–Kier alpha value is -3.13. The van der Waals surface area contributed by atoms with Crippen molar-refractivity contribution in [2.75, 3.05) is 13.7 Å². The highest BCUT2D eigenvalue weighted by Crippen LogP contribution is 2.21. The quantitative estimate of drug-likeness (QED) is 0.515. The standard InChI is InChI=1S/C19H18ClFN2O5/c1-27-17-7-4-12(8-14(17)21)16(24)10-28-18(25)9-15(23-19(22)26)11-2-5-13(20)6-3-11/h2-8,15H,9-10H2,1H3,(H3,22,23,26)/t15-/m0/s1. The zero-order valence-corrected chi connectivity index (χ0v) is 15.7. The molecule has 3 N–H and O–H groups in total. The van der Waals surface area contributed by atoms with Crippen LogP contribution in [0.4, 0.5) is 9.18 Å². The number of carbonyl (C=O) groups excluding carboxylic acids is 3. The van der Waals surface area contributed by atoms with E-state index in [4.69, 9.17) is 26.8 Å². The van der Waals surface area contributed by atoms with E-state index in [2.05, 4.69) is 5.32 Å². The number of halogens is 2. The molecule has 0 spiro atoms. The molecule has 0 aliphatic rings. The van der Waals surface area contributed by atoms with Gasteiger partial charge in [0.2, 0.25) is 0 Å². The van der Waals surface area contributed by atoms with E-state index in [9.17, 15) is 18.8 Å². The molecule has 1 atom stereocenters. The number of ketones is 1. The molecular formula is C19H18ClFN2O5. The molecule has 0 unspecified atom stereocenters. The maximum atomic E-state index is 13.7. The molecule has 0 aliphatic carbocycles. The van der Waals surface area contributed by atoms with E-state index in [-0.39, 0.29) is 17.7 Å². The summed E-state index contributed by atoms with van der Waals surface area (Å²) in [7, 11) is 1.30. The van der Waals surface area contributed by atoms with Gasteiger partial charge in [0.05, 0.1) is 19.6 Å². The predicted octanol–water partition coefficient (Wildman–Crippen LogP) is 3.01. The molecule has 0 aromatic heterocycles. The van der Waals surface area contributed by atoms with Crippen LogP contribution in [0.3, 0.4) is 0 Å². The SMILES string of the molecule is COc1ccc(C(=O)COC(=O)C[C@H](NC(N)=O)c2ccc(Cl)cc2)cc1F. The first-order valence-corrected chi connectivity index (χ1v) is 8.51. The molecule has 0 saturated carbocycles. The topological polar surface area (TPSA) is 108 Å². The minimum atomic E-state index is -0.822. The molecule has 9 heteroatoms. The second-order valence-electron chi connectivity index (χ2n) is 5.75. The second kappa shape index (κ2) is 9.70. The zero-order chi connectivity index (χ0) is 20.7. The molecule has 148 valence electrons. The Morgan fingerprint density at radius 1 is 1.18 bits per heavy atom. The van der Waals surface area contributed by atoms with Crippen LogP contribution in [0.25, 0.3) is 0 Å². The van der Waals surface area contributed by atoms with Crippen molar-refractivity contribution in [3.63, 3.8) is 0 Å². The van der Waals surface area contributed by atoms with Gasteiger partial charge in [0.15, 0.2) is 24.0 Å². The van der Waals surface area contributed by atoms with Crippen LogP contribution in [0, 0.1) is 5.82 Å². The highest BCUT2D eigenvalue weighted by Gasteiger charge is 2.20. The number of methoxy groups -OCH3 is 1. The first kappa shape index (κ1) is 21.2. The Balaban J connectivity index is 1.98. The first-order valence-electron chi connectivity index (χ1n) is 8.14. The summed E-state index contributed by atoms with van der Waals surface area (Å²) in [5.41, 5.74) is 5.77. The van der Waals surface area contributed by atoms with Crippen molar-refractivity contribution in [2.45, 2.75) is 12.5 Å². The van der Waals surface area contributed by atoms with Gasteiger partial charge < -0.3 is 20.5 Å². The van der Waals surface area contributed by atoms with Crippen LogP contribution in [0.15, 0.2) is 42.5 Å². The van der Waals surface area contributed by atoms with Crippen LogP contribution in [0.5, 0.6) is 5.75 Å². The van der Waals surface area contributed by atoms with Gasteiger partial charge in [-0.1, -0.05) is 23.7 Å². The molecule has 0 heterocycles. The highest BCUT2D eigenvalue weighted by atomic mass is 35.5. The van der Waals surface area contributed by atoms with Crippen molar-refractivity contribution in [3.8, 4) is 5.75 Å². The maximum Gasteiger partial charge on any atom is 0.312 e. The molecule has 0 fully saturated rings. The van der Waals surface area contributed by atoms with Gasteiger partial charge in [-0.25, -0.2) is 9.18 Å². The van der Waals surface area contributed by atoms with Gasteiger partial charge >= 0.3 is 12.0 Å². The van der Waals surface area contributed by atoms with E-state index in [0.717, 1.165) is 6.07 Å². The Kier molecular flexibility index (Phi) is 7.34. The zero-order valence-electron chi connectivity index (χ0n) is 14.9. The molecule has 0 radical (unpaired) electrons. The summed E-state index contributed by atoms with van der Waals surface area (Å²) >= 11 is 5.83. The number of primary amides is 1. The van der Waals surface area contributed by atoms with Crippen molar-refractivity contribution in [2.24, 2.45) is 5.73 Å². The van der Waals surface area contributed by atoms with E-state index < -0.39 is 36.2 Å². The smallest absolute Gasteiger partial charge is 0.312 e. The summed E-state index contributed by atoms with van der Waals surface area (Å²) in [6.45, 7) is -0.575. The van der Waals surface area contributed by atoms with Gasteiger partial charge in [-0.2, -0.15) is 0 Å². The van der Waals surface area contributed by atoms with Crippen LogP contribution in [0.2, 0.25) is 5.02 Å².